The SMILES string of the molecule is CC1=C(/C=C/C(C)=C/C=C/CCCCCCN)C(C)(C)CCC1. The summed E-state index contributed by atoms with van der Waals surface area (Å²) < 4.78 is 0. The summed E-state index contributed by atoms with van der Waals surface area (Å²) in [6.07, 6.45) is 21.4. The van der Waals surface area contributed by atoms with Gasteiger partial charge >= 0.3 is 0 Å². The molecule has 0 aromatic carbocycles. The van der Waals surface area contributed by atoms with Crippen LogP contribution in [-0.4, -0.2) is 6.54 Å². The average molecular weight is 316 g/mol. The van der Waals surface area contributed by atoms with Crippen LogP contribution in [0.2, 0.25) is 0 Å². The van der Waals surface area contributed by atoms with Crippen molar-refractivity contribution >= 4 is 0 Å². The molecule has 0 heterocycles. The van der Waals surface area contributed by atoms with Crippen LogP contribution in [0.1, 0.15) is 79.1 Å². The Bertz CT molecular complexity index is 460. The molecule has 23 heavy (non-hydrogen) atoms. The number of hydrogen-bond donors (Lipinski definition) is 1. The summed E-state index contributed by atoms with van der Waals surface area (Å²) in [5, 5.41) is 0. The van der Waals surface area contributed by atoms with Gasteiger partial charge in [-0.3, -0.25) is 0 Å². The third-order valence-corrected chi connectivity index (χ3v) is 4.88. The molecule has 130 valence electrons. The van der Waals surface area contributed by atoms with Crippen molar-refractivity contribution in [3.05, 3.63) is 47.1 Å². The molecule has 0 aromatic heterocycles. The maximum Gasteiger partial charge on any atom is -0.00773 e. The zero-order valence-electron chi connectivity index (χ0n) is 15.8. The van der Waals surface area contributed by atoms with Crippen molar-refractivity contribution in [2.24, 2.45) is 11.1 Å². The minimum absolute atomic E-state index is 0.332. The fourth-order valence-corrected chi connectivity index (χ4v) is 3.36. The minimum Gasteiger partial charge on any atom is -0.330 e. The average Bonchev–Trinajstić information content (AvgIpc) is 2.49. The van der Waals surface area contributed by atoms with Crippen LogP contribution in [0.25, 0.3) is 0 Å². The van der Waals surface area contributed by atoms with Crippen LogP contribution < -0.4 is 5.73 Å². The van der Waals surface area contributed by atoms with Gasteiger partial charge in [0.05, 0.1) is 0 Å². The highest BCUT2D eigenvalue weighted by atomic mass is 14.5. The summed E-state index contributed by atoms with van der Waals surface area (Å²) in [5.74, 6) is 0. The van der Waals surface area contributed by atoms with E-state index in [0.717, 1.165) is 6.54 Å². The lowest BCUT2D eigenvalue weighted by Gasteiger charge is -2.32. The fraction of sp³-hybridized carbons (Fsp3) is 0.636. The lowest BCUT2D eigenvalue weighted by molar-refractivity contribution is 0.377. The molecule has 0 saturated carbocycles. The van der Waals surface area contributed by atoms with E-state index >= 15 is 0 Å². The Kier molecular flexibility index (Phi) is 9.24. The van der Waals surface area contributed by atoms with Gasteiger partial charge in [-0.1, -0.05) is 68.2 Å². The van der Waals surface area contributed by atoms with Gasteiger partial charge in [-0.2, -0.15) is 0 Å². The van der Waals surface area contributed by atoms with Gasteiger partial charge in [0.2, 0.25) is 0 Å². The largest absolute Gasteiger partial charge is 0.330 e. The molecule has 0 amide bonds. The summed E-state index contributed by atoms with van der Waals surface area (Å²) in [4.78, 5) is 0. The summed E-state index contributed by atoms with van der Waals surface area (Å²) >= 11 is 0. The lowest BCUT2D eigenvalue weighted by atomic mass is 9.72. The molecule has 0 bridgehead atoms. The highest BCUT2D eigenvalue weighted by Crippen LogP contribution is 2.40. The van der Waals surface area contributed by atoms with Crippen molar-refractivity contribution in [2.75, 3.05) is 6.54 Å². The topological polar surface area (TPSA) is 26.0 Å². The highest BCUT2D eigenvalue weighted by molar-refractivity contribution is 5.36. The number of allylic oxidation sites excluding steroid dienone is 8. The number of nitrogens with two attached hydrogens (primary N) is 1. The molecule has 1 aliphatic rings. The molecule has 0 aliphatic heterocycles. The van der Waals surface area contributed by atoms with Crippen molar-refractivity contribution in [1.29, 1.82) is 0 Å². The van der Waals surface area contributed by atoms with E-state index in [1.54, 1.807) is 11.1 Å². The monoisotopic (exact) mass is 315 g/mol. The third kappa shape index (κ3) is 7.83. The van der Waals surface area contributed by atoms with Gasteiger partial charge in [-0.25, -0.2) is 0 Å². The standard InChI is InChI=1S/C22H37N/c1-19(13-10-8-6-5-7-9-11-18-23)15-16-21-20(2)14-12-17-22(21,3)4/h8,10,13,15-16H,5-7,9,11-12,14,17-18,23H2,1-4H3/b10-8+,16-15+,19-13+. The molecule has 0 spiro atoms. The van der Waals surface area contributed by atoms with E-state index in [1.807, 2.05) is 0 Å². The van der Waals surface area contributed by atoms with Crippen molar-refractivity contribution in [2.45, 2.75) is 79.1 Å². The summed E-state index contributed by atoms with van der Waals surface area (Å²) in [5.41, 5.74) is 10.3. The maximum atomic E-state index is 5.50. The normalized spacial score (nSPS) is 19.3. The zero-order valence-corrected chi connectivity index (χ0v) is 15.8. The van der Waals surface area contributed by atoms with Gasteiger partial charge in [0, 0.05) is 0 Å². The predicted molar refractivity (Wildman–Crippen MR) is 105 cm³/mol. The van der Waals surface area contributed by atoms with Crippen LogP contribution in [-0.2, 0) is 0 Å². The van der Waals surface area contributed by atoms with E-state index in [0.29, 0.717) is 5.41 Å². The number of hydrogen-bond acceptors (Lipinski definition) is 1. The summed E-state index contributed by atoms with van der Waals surface area (Å²) in [6, 6.07) is 0. The predicted octanol–water partition coefficient (Wildman–Crippen LogP) is 6.48. The summed E-state index contributed by atoms with van der Waals surface area (Å²) in [7, 11) is 0. The molecule has 1 aliphatic carbocycles. The maximum absolute atomic E-state index is 5.50. The van der Waals surface area contributed by atoms with E-state index in [-0.39, 0.29) is 0 Å². The van der Waals surface area contributed by atoms with E-state index in [9.17, 15) is 0 Å². The molecular weight excluding hydrogens is 278 g/mol. The number of rotatable bonds is 9. The lowest BCUT2D eigenvalue weighted by Crippen LogP contribution is -2.19. The van der Waals surface area contributed by atoms with Gasteiger partial charge < -0.3 is 5.73 Å². The van der Waals surface area contributed by atoms with Gasteiger partial charge in [0.25, 0.3) is 0 Å². The molecular formula is C22H37N. The first-order valence-electron chi connectivity index (χ1n) is 9.39. The molecule has 0 fully saturated rings. The molecule has 1 heteroatoms. The first-order valence-corrected chi connectivity index (χ1v) is 9.39. The Morgan fingerprint density at radius 3 is 2.61 bits per heavy atom. The van der Waals surface area contributed by atoms with Crippen molar-refractivity contribution in [3.8, 4) is 0 Å². The summed E-state index contributed by atoms with van der Waals surface area (Å²) in [6.45, 7) is 10.1. The Hall–Kier alpha value is -1.08. The molecule has 0 aromatic rings. The van der Waals surface area contributed by atoms with Crippen LogP contribution in [0.3, 0.4) is 0 Å². The van der Waals surface area contributed by atoms with E-state index in [4.69, 9.17) is 5.73 Å². The minimum atomic E-state index is 0.332. The van der Waals surface area contributed by atoms with Crippen LogP contribution in [0, 0.1) is 5.41 Å². The molecule has 0 saturated heterocycles. The van der Waals surface area contributed by atoms with E-state index in [1.165, 1.54) is 56.9 Å². The third-order valence-electron chi connectivity index (χ3n) is 4.88. The Labute approximate surface area is 144 Å². The molecule has 0 radical (unpaired) electrons. The second-order valence-corrected chi connectivity index (χ2v) is 7.60. The van der Waals surface area contributed by atoms with E-state index < -0.39 is 0 Å². The molecule has 0 atom stereocenters. The zero-order chi connectivity index (χ0) is 17.1. The van der Waals surface area contributed by atoms with E-state index in [2.05, 4.69) is 58.1 Å². The Balaban J connectivity index is 2.44. The molecule has 1 nitrogen and oxygen atoms in total. The van der Waals surface area contributed by atoms with Crippen LogP contribution in [0.15, 0.2) is 47.1 Å². The van der Waals surface area contributed by atoms with Gasteiger partial charge in [0.1, 0.15) is 0 Å². The van der Waals surface area contributed by atoms with Crippen LogP contribution >= 0.6 is 0 Å². The highest BCUT2D eigenvalue weighted by Gasteiger charge is 2.26. The Morgan fingerprint density at radius 1 is 1.17 bits per heavy atom. The molecule has 1 rings (SSSR count). The first kappa shape index (κ1) is 20.0. The van der Waals surface area contributed by atoms with Gasteiger partial charge in [-0.15, -0.1) is 0 Å². The number of unbranched alkanes of at least 4 members (excludes halogenated alkanes) is 4. The molecule has 0 unspecified atom stereocenters. The van der Waals surface area contributed by atoms with Crippen molar-refractivity contribution in [1.82, 2.24) is 0 Å². The second kappa shape index (κ2) is 10.6. The fourth-order valence-electron chi connectivity index (χ4n) is 3.36. The quantitative estimate of drug-likeness (QED) is 0.382. The smallest absolute Gasteiger partial charge is 0.00773 e. The van der Waals surface area contributed by atoms with Crippen LogP contribution in [0.4, 0.5) is 0 Å². The second-order valence-electron chi connectivity index (χ2n) is 7.60. The van der Waals surface area contributed by atoms with Crippen LogP contribution in [0.5, 0.6) is 0 Å². The van der Waals surface area contributed by atoms with Gasteiger partial charge in [-0.05, 0) is 69.9 Å². The first-order chi connectivity index (χ1) is 11.0. The van der Waals surface area contributed by atoms with Crippen molar-refractivity contribution < 1.29 is 0 Å². The van der Waals surface area contributed by atoms with Gasteiger partial charge in [0.15, 0.2) is 0 Å². The van der Waals surface area contributed by atoms with Crippen molar-refractivity contribution in [3.63, 3.8) is 0 Å². The Morgan fingerprint density at radius 2 is 1.91 bits per heavy atom. The molecule has 2 N–H and O–H groups in total.